The van der Waals surface area contributed by atoms with Crippen LogP contribution in [0.25, 0.3) is 0 Å². The van der Waals surface area contributed by atoms with Crippen LogP contribution in [0.4, 0.5) is 0 Å². The van der Waals surface area contributed by atoms with Gasteiger partial charge in [-0.25, -0.2) is 0 Å². The first-order chi connectivity index (χ1) is 5.47. The fourth-order valence-corrected chi connectivity index (χ4v) is 1.11. The lowest BCUT2D eigenvalue weighted by atomic mass is 10.2. The highest BCUT2D eigenvalue weighted by Crippen LogP contribution is 2.17. The fraction of sp³-hybridized carbons (Fsp3) is 0.556. The molecule has 1 heterocycles. The van der Waals surface area contributed by atoms with E-state index in [1.54, 1.807) is 6.26 Å². The Labute approximate surface area is 81.0 Å². The molecular weight excluding hydrogens is 220 g/mol. The molecule has 1 aromatic rings. The van der Waals surface area contributed by atoms with E-state index in [0.717, 1.165) is 10.2 Å². The second-order valence-corrected chi connectivity index (χ2v) is 4.44. The molecule has 1 aromatic heterocycles. The zero-order chi connectivity index (χ0) is 9.19. The topological polar surface area (TPSA) is 22.4 Å². The first-order valence-corrected chi connectivity index (χ1v) is 4.63. The fourth-order valence-electron chi connectivity index (χ4n) is 0.721. The molecule has 0 aromatic carbocycles. The normalized spacial score (nSPS) is 12.0. The molecule has 68 valence electrons. The van der Waals surface area contributed by atoms with Crippen molar-refractivity contribution in [3.05, 3.63) is 22.6 Å². The quantitative estimate of drug-likeness (QED) is 0.781. The molecule has 0 saturated carbocycles. The van der Waals surface area contributed by atoms with Gasteiger partial charge in [-0.3, -0.25) is 0 Å². The molecular formula is C9H13BrO2. The number of ether oxygens (including phenoxy) is 1. The Balaban J connectivity index is 2.44. The molecule has 12 heavy (non-hydrogen) atoms. The van der Waals surface area contributed by atoms with E-state index in [1.807, 2.05) is 26.8 Å². The Morgan fingerprint density at radius 1 is 1.50 bits per heavy atom. The van der Waals surface area contributed by atoms with Crippen molar-refractivity contribution in [2.75, 3.05) is 0 Å². The molecule has 0 aliphatic heterocycles. The molecule has 0 bridgehead atoms. The van der Waals surface area contributed by atoms with Crippen LogP contribution in [0.3, 0.4) is 0 Å². The minimum absolute atomic E-state index is 0.0935. The van der Waals surface area contributed by atoms with E-state index in [-0.39, 0.29) is 5.60 Å². The molecule has 0 radical (unpaired) electrons. The number of rotatable bonds is 2. The standard InChI is InChI=1S/C9H13BrO2/c1-9(2,3)12-6-7-4-8(10)11-5-7/h4-5H,6H2,1-3H3. The van der Waals surface area contributed by atoms with Crippen LogP contribution in [-0.4, -0.2) is 5.60 Å². The van der Waals surface area contributed by atoms with Crippen molar-refractivity contribution in [1.29, 1.82) is 0 Å². The van der Waals surface area contributed by atoms with Crippen molar-refractivity contribution in [2.24, 2.45) is 0 Å². The summed E-state index contributed by atoms with van der Waals surface area (Å²) in [6.45, 7) is 6.69. The van der Waals surface area contributed by atoms with E-state index < -0.39 is 0 Å². The first-order valence-electron chi connectivity index (χ1n) is 3.84. The summed E-state index contributed by atoms with van der Waals surface area (Å²) < 4.78 is 11.4. The molecule has 0 spiro atoms. The monoisotopic (exact) mass is 232 g/mol. The maximum atomic E-state index is 5.55. The van der Waals surface area contributed by atoms with E-state index >= 15 is 0 Å². The Morgan fingerprint density at radius 3 is 2.58 bits per heavy atom. The van der Waals surface area contributed by atoms with Crippen LogP contribution in [-0.2, 0) is 11.3 Å². The van der Waals surface area contributed by atoms with E-state index in [9.17, 15) is 0 Å². The van der Waals surface area contributed by atoms with E-state index in [0.29, 0.717) is 6.61 Å². The molecule has 0 N–H and O–H groups in total. The maximum Gasteiger partial charge on any atom is 0.169 e. The minimum atomic E-state index is -0.0935. The number of halogens is 1. The van der Waals surface area contributed by atoms with Gasteiger partial charge in [0.05, 0.1) is 18.5 Å². The third-order valence-corrected chi connectivity index (χ3v) is 1.71. The van der Waals surface area contributed by atoms with Crippen molar-refractivity contribution >= 4 is 15.9 Å². The Bertz CT molecular complexity index is 247. The molecule has 0 aliphatic carbocycles. The molecule has 0 unspecified atom stereocenters. The second kappa shape index (κ2) is 3.62. The van der Waals surface area contributed by atoms with Crippen LogP contribution >= 0.6 is 15.9 Å². The second-order valence-electron chi connectivity index (χ2n) is 3.66. The summed E-state index contributed by atoms with van der Waals surface area (Å²) in [5.74, 6) is 0. The van der Waals surface area contributed by atoms with Gasteiger partial charge in [0.1, 0.15) is 0 Å². The Morgan fingerprint density at radius 2 is 2.17 bits per heavy atom. The number of hydrogen-bond donors (Lipinski definition) is 0. The lowest BCUT2D eigenvalue weighted by molar-refractivity contribution is -0.0151. The van der Waals surface area contributed by atoms with Crippen molar-refractivity contribution in [3.8, 4) is 0 Å². The lowest BCUT2D eigenvalue weighted by Crippen LogP contribution is -2.18. The van der Waals surface area contributed by atoms with Crippen molar-refractivity contribution in [1.82, 2.24) is 0 Å². The summed E-state index contributed by atoms with van der Waals surface area (Å²) in [7, 11) is 0. The summed E-state index contributed by atoms with van der Waals surface area (Å²) in [4.78, 5) is 0. The SMILES string of the molecule is CC(C)(C)OCc1coc(Br)c1. The van der Waals surface area contributed by atoms with Crippen LogP contribution in [0.1, 0.15) is 26.3 Å². The smallest absolute Gasteiger partial charge is 0.169 e. The summed E-state index contributed by atoms with van der Waals surface area (Å²) in [5.41, 5.74) is 0.959. The zero-order valence-corrected chi connectivity index (χ0v) is 9.14. The largest absolute Gasteiger partial charge is 0.457 e. The van der Waals surface area contributed by atoms with Crippen molar-refractivity contribution in [3.63, 3.8) is 0 Å². The molecule has 0 saturated heterocycles. The summed E-state index contributed by atoms with van der Waals surface area (Å²) in [6, 6.07) is 1.91. The van der Waals surface area contributed by atoms with E-state index in [2.05, 4.69) is 15.9 Å². The van der Waals surface area contributed by atoms with Gasteiger partial charge in [0.25, 0.3) is 0 Å². The number of furan rings is 1. The molecule has 0 amide bonds. The van der Waals surface area contributed by atoms with Gasteiger partial charge in [0, 0.05) is 5.56 Å². The van der Waals surface area contributed by atoms with Gasteiger partial charge in [-0.15, -0.1) is 0 Å². The molecule has 2 nitrogen and oxygen atoms in total. The average Bonchev–Trinajstić information content (AvgIpc) is 2.30. The number of hydrogen-bond acceptors (Lipinski definition) is 2. The van der Waals surface area contributed by atoms with Crippen LogP contribution in [0.5, 0.6) is 0 Å². The van der Waals surface area contributed by atoms with Crippen LogP contribution in [0, 0.1) is 0 Å². The van der Waals surface area contributed by atoms with Gasteiger partial charge in [-0.1, -0.05) is 0 Å². The van der Waals surface area contributed by atoms with Gasteiger partial charge in [0.2, 0.25) is 0 Å². The van der Waals surface area contributed by atoms with Gasteiger partial charge < -0.3 is 9.15 Å². The molecule has 0 fully saturated rings. The van der Waals surface area contributed by atoms with E-state index in [4.69, 9.17) is 9.15 Å². The highest BCUT2D eigenvalue weighted by Gasteiger charge is 2.10. The molecule has 0 aliphatic rings. The molecule has 0 atom stereocenters. The summed E-state index contributed by atoms with van der Waals surface area (Å²) in [5, 5.41) is 0. The van der Waals surface area contributed by atoms with Crippen LogP contribution < -0.4 is 0 Å². The minimum Gasteiger partial charge on any atom is -0.457 e. The third kappa shape index (κ3) is 3.41. The molecule has 3 heteroatoms. The molecule has 1 rings (SSSR count). The highest BCUT2D eigenvalue weighted by atomic mass is 79.9. The van der Waals surface area contributed by atoms with Gasteiger partial charge in [0.15, 0.2) is 4.67 Å². The lowest BCUT2D eigenvalue weighted by Gasteiger charge is -2.18. The summed E-state index contributed by atoms with van der Waals surface area (Å²) in [6.07, 6.45) is 1.69. The predicted octanol–water partition coefficient (Wildman–Crippen LogP) is 3.36. The van der Waals surface area contributed by atoms with Gasteiger partial charge in [-0.2, -0.15) is 0 Å². The first kappa shape index (κ1) is 9.81. The summed E-state index contributed by atoms with van der Waals surface area (Å²) >= 11 is 3.23. The van der Waals surface area contributed by atoms with Crippen LogP contribution in [0.2, 0.25) is 0 Å². The predicted molar refractivity (Wildman–Crippen MR) is 51.0 cm³/mol. The third-order valence-electron chi connectivity index (χ3n) is 1.29. The maximum absolute atomic E-state index is 5.55. The van der Waals surface area contributed by atoms with Crippen LogP contribution in [0.15, 0.2) is 21.4 Å². The Hall–Kier alpha value is -0.280. The van der Waals surface area contributed by atoms with Crippen molar-refractivity contribution in [2.45, 2.75) is 33.0 Å². The van der Waals surface area contributed by atoms with Crippen molar-refractivity contribution < 1.29 is 9.15 Å². The zero-order valence-electron chi connectivity index (χ0n) is 7.56. The Kier molecular flexibility index (Phi) is 2.96. The van der Waals surface area contributed by atoms with Gasteiger partial charge >= 0.3 is 0 Å². The average molecular weight is 233 g/mol. The van der Waals surface area contributed by atoms with Gasteiger partial charge in [-0.05, 0) is 42.8 Å². The van der Waals surface area contributed by atoms with E-state index in [1.165, 1.54) is 0 Å². The highest BCUT2D eigenvalue weighted by molar-refractivity contribution is 9.10.